The number of hydrogen-bond donors (Lipinski definition) is 1. The first-order chi connectivity index (χ1) is 13.6. The number of rotatable bonds is 4. The van der Waals surface area contributed by atoms with E-state index in [-0.39, 0.29) is 35.0 Å². The highest BCUT2D eigenvalue weighted by molar-refractivity contribution is 7.94. The van der Waals surface area contributed by atoms with E-state index in [0.29, 0.717) is 23.4 Å². The molecule has 6 nitrogen and oxygen atoms in total. The first-order valence-corrected chi connectivity index (χ1v) is 11.1. The molecule has 0 saturated heterocycles. The molecule has 0 amide bonds. The number of nitrogens with zero attached hydrogens (tertiary/aromatic N) is 2. The maximum absolute atomic E-state index is 14.7. The number of benzene rings is 1. The van der Waals surface area contributed by atoms with Crippen molar-refractivity contribution in [1.82, 2.24) is 4.98 Å². The van der Waals surface area contributed by atoms with Gasteiger partial charge in [-0.25, -0.2) is 12.8 Å². The van der Waals surface area contributed by atoms with E-state index in [4.69, 9.17) is 17.3 Å². The summed E-state index contributed by atoms with van der Waals surface area (Å²) >= 11 is 5.79. The Hall–Kier alpha value is -2.32. The summed E-state index contributed by atoms with van der Waals surface area (Å²) in [6.07, 6.45) is 2.26. The van der Waals surface area contributed by atoms with Crippen molar-refractivity contribution < 1.29 is 17.6 Å². The molecule has 1 fully saturated rings. The van der Waals surface area contributed by atoms with Crippen LogP contribution in [-0.4, -0.2) is 35.5 Å². The molecule has 1 atom stereocenters. The number of carbonyl (C=O) groups excluding carboxylic acids is 1. The summed E-state index contributed by atoms with van der Waals surface area (Å²) in [5, 5.41) is 0.418. The molecule has 152 valence electrons. The molecular formula is C20H19ClFN3O3S. The molecule has 4 rings (SSSR count). The molecule has 2 aliphatic rings. The van der Waals surface area contributed by atoms with E-state index in [9.17, 15) is 17.6 Å². The van der Waals surface area contributed by atoms with Gasteiger partial charge in [-0.3, -0.25) is 14.8 Å². The third kappa shape index (κ3) is 3.34. The summed E-state index contributed by atoms with van der Waals surface area (Å²) in [5.74, 6) is -1.14. The van der Waals surface area contributed by atoms with Gasteiger partial charge in [-0.2, -0.15) is 0 Å². The lowest BCUT2D eigenvalue weighted by molar-refractivity contribution is 0.0988. The number of carbonyl (C=O) groups is 1. The summed E-state index contributed by atoms with van der Waals surface area (Å²) in [6, 6.07) is 7.28. The molecule has 0 unspecified atom stereocenters. The third-order valence-corrected chi connectivity index (χ3v) is 8.57. The predicted octanol–water partition coefficient (Wildman–Crippen LogP) is 2.83. The summed E-state index contributed by atoms with van der Waals surface area (Å²) in [6.45, 7) is 1.55. The minimum absolute atomic E-state index is 0.0200. The molecule has 0 bridgehead atoms. The highest BCUT2D eigenvalue weighted by Gasteiger charge is 2.62. The lowest BCUT2D eigenvalue weighted by Crippen LogP contribution is -2.50. The molecule has 1 spiro atoms. The van der Waals surface area contributed by atoms with Crippen LogP contribution >= 0.6 is 11.6 Å². The maximum Gasteiger partial charge on any atom is 0.185 e. The van der Waals surface area contributed by atoms with Crippen molar-refractivity contribution in [2.24, 2.45) is 10.7 Å². The zero-order valence-electron chi connectivity index (χ0n) is 15.7. The summed E-state index contributed by atoms with van der Waals surface area (Å²) < 4.78 is 39.2. The van der Waals surface area contributed by atoms with Gasteiger partial charge in [0.25, 0.3) is 0 Å². The van der Waals surface area contributed by atoms with Crippen LogP contribution in [0.25, 0.3) is 0 Å². The van der Waals surface area contributed by atoms with Crippen molar-refractivity contribution in [2.45, 2.75) is 36.5 Å². The van der Waals surface area contributed by atoms with E-state index >= 15 is 0 Å². The third-order valence-electron chi connectivity index (χ3n) is 5.59. The molecule has 29 heavy (non-hydrogen) atoms. The quantitative estimate of drug-likeness (QED) is 0.744. The molecule has 1 aliphatic heterocycles. The Morgan fingerprint density at radius 2 is 2.00 bits per heavy atom. The normalized spacial score (nSPS) is 24.2. The van der Waals surface area contributed by atoms with Gasteiger partial charge >= 0.3 is 0 Å². The summed E-state index contributed by atoms with van der Waals surface area (Å²) in [7, 11) is -3.57. The smallest absolute Gasteiger partial charge is 0.185 e. The van der Waals surface area contributed by atoms with E-state index < -0.39 is 25.9 Å². The zero-order chi connectivity index (χ0) is 21.0. The fourth-order valence-electron chi connectivity index (χ4n) is 3.80. The lowest BCUT2D eigenvalue weighted by Gasteiger charge is -2.34. The van der Waals surface area contributed by atoms with E-state index in [1.54, 1.807) is 13.0 Å². The van der Waals surface area contributed by atoms with Gasteiger partial charge < -0.3 is 5.73 Å². The van der Waals surface area contributed by atoms with Gasteiger partial charge in [0, 0.05) is 18.2 Å². The van der Waals surface area contributed by atoms with Crippen molar-refractivity contribution in [1.29, 1.82) is 0 Å². The van der Waals surface area contributed by atoms with Gasteiger partial charge in [0.05, 0.1) is 10.8 Å². The number of aliphatic imine (C=N–C) groups is 1. The molecular weight excluding hydrogens is 417 g/mol. The Kier molecular flexibility index (Phi) is 4.55. The number of halogens is 2. The first-order valence-electron chi connectivity index (χ1n) is 9.08. The number of aromatic nitrogens is 1. The molecule has 0 radical (unpaired) electrons. The second kappa shape index (κ2) is 6.60. The highest BCUT2D eigenvalue weighted by Crippen LogP contribution is 2.50. The summed E-state index contributed by atoms with van der Waals surface area (Å²) in [5.41, 5.74) is 5.52. The largest absolute Gasteiger partial charge is 0.386 e. The lowest BCUT2D eigenvalue weighted by atomic mass is 9.91. The van der Waals surface area contributed by atoms with E-state index in [2.05, 4.69) is 9.98 Å². The average Bonchev–Trinajstić information content (AvgIpc) is 3.44. The van der Waals surface area contributed by atoms with E-state index in [1.165, 1.54) is 30.5 Å². The molecule has 1 saturated carbocycles. The molecule has 2 N–H and O–H groups in total. The first kappa shape index (κ1) is 20.0. The molecule has 1 aromatic carbocycles. The van der Waals surface area contributed by atoms with E-state index in [1.807, 2.05) is 0 Å². The standard InChI is InChI=1S/C20H19ClFN3O3S/c1-19(11-29(27,28)20(6-7-20)18(23)25-19)14-8-12(2-4-15(14)22)9-17(26)16-5-3-13(21)10-24-16/h2-5,8,10H,6-7,9,11H2,1H3,(H2,23,25)/t19-/m0/s1. The summed E-state index contributed by atoms with van der Waals surface area (Å²) in [4.78, 5) is 20.9. The maximum atomic E-state index is 14.7. The minimum Gasteiger partial charge on any atom is -0.386 e. The topological polar surface area (TPSA) is 102 Å². The number of Topliss-reactive ketones (excluding diaryl/α,β-unsaturated/α-hetero) is 1. The SMILES string of the molecule is C[C@@]1(c2cc(CC(=O)c3ccc(Cl)cn3)ccc2F)CS(=O)(=O)C2(CC2)C(N)=N1. The van der Waals surface area contributed by atoms with Crippen molar-refractivity contribution in [3.63, 3.8) is 0 Å². The van der Waals surface area contributed by atoms with Gasteiger partial charge in [0.1, 0.15) is 27.6 Å². The van der Waals surface area contributed by atoms with Crippen LogP contribution in [0.4, 0.5) is 4.39 Å². The number of amidine groups is 1. The van der Waals surface area contributed by atoms with Crippen LogP contribution in [0.5, 0.6) is 0 Å². The van der Waals surface area contributed by atoms with Crippen molar-refractivity contribution in [2.75, 3.05) is 5.75 Å². The van der Waals surface area contributed by atoms with Crippen molar-refractivity contribution in [3.8, 4) is 0 Å². The number of sulfone groups is 1. The number of ketones is 1. The molecule has 2 heterocycles. The van der Waals surface area contributed by atoms with Crippen LogP contribution in [0.3, 0.4) is 0 Å². The van der Waals surface area contributed by atoms with Crippen molar-refractivity contribution in [3.05, 3.63) is 64.2 Å². The van der Waals surface area contributed by atoms with Crippen LogP contribution in [0.2, 0.25) is 5.02 Å². The van der Waals surface area contributed by atoms with Crippen LogP contribution in [0.1, 0.15) is 41.4 Å². The van der Waals surface area contributed by atoms with Crippen LogP contribution in [-0.2, 0) is 21.8 Å². The Labute approximate surface area is 172 Å². The fourth-order valence-corrected chi connectivity index (χ4v) is 6.23. The zero-order valence-corrected chi connectivity index (χ0v) is 17.2. The molecule has 2 aromatic rings. The predicted molar refractivity (Wildman–Crippen MR) is 108 cm³/mol. The number of pyridine rings is 1. The van der Waals surface area contributed by atoms with Crippen LogP contribution < -0.4 is 5.73 Å². The number of nitrogens with two attached hydrogens (primary N) is 1. The average molecular weight is 436 g/mol. The number of hydrogen-bond acceptors (Lipinski definition) is 6. The Balaban J connectivity index is 1.68. The van der Waals surface area contributed by atoms with Gasteiger partial charge in [-0.15, -0.1) is 0 Å². The van der Waals surface area contributed by atoms with Gasteiger partial charge in [0.2, 0.25) is 0 Å². The molecule has 1 aromatic heterocycles. The van der Waals surface area contributed by atoms with Gasteiger partial charge in [-0.1, -0.05) is 17.7 Å². The van der Waals surface area contributed by atoms with Crippen LogP contribution in [0, 0.1) is 5.82 Å². The fraction of sp³-hybridized carbons (Fsp3) is 0.350. The Bertz CT molecular complexity index is 1140. The minimum atomic E-state index is -3.57. The Morgan fingerprint density at radius 1 is 1.28 bits per heavy atom. The monoisotopic (exact) mass is 435 g/mol. The van der Waals surface area contributed by atoms with Gasteiger partial charge in [0.15, 0.2) is 15.6 Å². The van der Waals surface area contributed by atoms with Crippen LogP contribution in [0.15, 0.2) is 41.5 Å². The van der Waals surface area contributed by atoms with Crippen molar-refractivity contribution >= 4 is 33.1 Å². The second-order valence-electron chi connectivity index (χ2n) is 7.80. The van der Waals surface area contributed by atoms with E-state index in [0.717, 1.165) is 0 Å². The highest BCUT2D eigenvalue weighted by atomic mass is 35.5. The molecule has 9 heteroatoms. The second-order valence-corrected chi connectivity index (χ2v) is 10.5. The Morgan fingerprint density at radius 3 is 2.59 bits per heavy atom. The molecule has 1 aliphatic carbocycles. The van der Waals surface area contributed by atoms with Gasteiger partial charge in [-0.05, 0) is 49.6 Å².